The van der Waals surface area contributed by atoms with Crippen LogP contribution < -0.4 is 9.82 Å². The lowest BCUT2D eigenvalue weighted by Crippen LogP contribution is -2.37. The fraction of sp³-hybridized carbons (Fsp3) is 0.333. The highest BCUT2D eigenvalue weighted by Crippen LogP contribution is 2.28. The Bertz CT molecular complexity index is 1190. The van der Waals surface area contributed by atoms with Gasteiger partial charge < -0.3 is 19.7 Å². The van der Waals surface area contributed by atoms with Crippen molar-refractivity contribution in [3.05, 3.63) is 88.7 Å². The van der Waals surface area contributed by atoms with Crippen molar-refractivity contribution in [3.8, 4) is 11.5 Å². The summed E-state index contributed by atoms with van der Waals surface area (Å²) in [4.78, 5) is 16.7. The van der Waals surface area contributed by atoms with E-state index in [4.69, 9.17) is 14.0 Å². The second-order valence-electron chi connectivity index (χ2n) is 8.67. The lowest BCUT2D eigenvalue weighted by molar-refractivity contribution is -0.149. The fourth-order valence-corrected chi connectivity index (χ4v) is 4.25. The molecule has 196 valence electrons. The smallest absolute Gasteiger partial charge is 0.506 e. The third-order valence-electron chi connectivity index (χ3n) is 5.43. The molecule has 0 aliphatic carbocycles. The van der Waals surface area contributed by atoms with Crippen LogP contribution in [0.4, 0.5) is 0 Å². The molecule has 9 nitrogen and oxygen atoms in total. The van der Waals surface area contributed by atoms with Crippen LogP contribution >= 0.6 is 8.18 Å². The lowest BCUT2D eigenvalue weighted by atomic mass is 10.1. The minimum Gasteiger partial charge on any atom is -0.506 e. The number of aliphatic hydroxyl groups excluding tert-OH is 1. The van der Waals surface area contributed by atoms with Gasteiger partial charge >= 0.3 is 14.1 Å². The summed E-state index contributed by atoms with van der Waals surface area (Å²) in [7, 11) is -2.49. The molecule has 37 heavy (non-hydrogen) atoms. The molecule has 2 aromatic carbocycles. The number of hydrogen-bond acceptors (Lipinski definition) is 8. The van der Waals surface area contributed by atoms with E-state index < -0.39 is 26.8 Å². The minimum absolute atomic E-state index is 0.138. The van der Waals surface area contributed by atoms with Crippen LogP contribution in [0.25, 0.3) is 0 Å². The summed E-state index contributed by atoms with van der Waals surface area (Å²) in [6, 6.07) is 16.2. The zero-order chi connectivity index (χ0) is 26.8. The second-order valence-corrected chi connectivity index (χ2v) is 9.70. The number of rotatable bonds is 13. The van der Waals surface area contributed by atoms with Gasteiger partial charge in [-0.25, -0.2) is 0 Å². The van der Waals surface area contributed by atoms with Gasteiger partial charge in [-0.15, -0.1) is 4.52 Å². The molecule has 0 aliphatic rings. The van der Waals surface area contributed by atoms with E-state index in [0.717, 1.165) is 11.1 Å². The Balaban J connectivity index is 1.62. The van der Waals surface area contributed by atoms with Crippen molar-refractivity contribution in [3.63, 3.8) is 0 Å². The van der Waals surface area contributed by atoms with Crippen LogP contribution in [-0.2, 0) is 44.9 Å². The number of hydrogen-bond donors (Lipinski definition) is 3. The molecule has 0 amide bonds. The number of ether oxygens (including phenoxy) is 2. The summed E-state index contributed by atoms with van der Waals surface area (Å²) in [5, 5.41) is 22.4. The standard InChI is InChI=1S/C27H31N2O7P/c1-18(2)36-27(32)25(29-37(33)35-17-22-14-28-19(3)26(31)24(22)15-30)13-20-9-11-23(12-10-20)34-16-21-7-5-4-6-8-21/h4-12,14,18,25,30H,13,15-17H2,1-3H3,(H-,29,31,33)/p+1/t25-/m0/s1. The van der Waals surface area contributed by atoms with Crippen LogP contribution in [0.5, 0.6) is 11.5 Å². The van der Waals surface area contributed by atoms with Crippen molar-refractivity contribution >= 4 is 14.1 Å². The van der Waals surface area contributed by atoms with E-state index in [0.29, 0.717) is 23.6 Å². The van der Waals surface area contributed by atoms with Gasteiger partial charge in [0.05, 0.1) is 18.4 Å². The molecule has 0 aliphatic heterocycles. The third-order valence-corrected chi connectivity index (χ3v) is 6.32. The Labute approximate surface area is 217 Å². The van der Waals surface area contributed by atoms with Crippen molar-refractivity contribution in [2.24, 2.45) is 0 Å². The maximum atomic E-state index is 12.7. The molecule has 0 bridgehead atoms. The highest BCUT2D eigenvalue weighted by molar-refractivity contribution is 7.36. The number of pyridine rings is 1. The normalized spacial score (nSPS) is 12.3. The summed E-state index contributed by atoms with van der Waals surface area (Å²) in [6.07, 6.45) is 1.30. The molecule has 1 unspecified atom stereocenters. The molecule has 1 heterocycles. The van der Waals surface area contributed by atoms with Crippen LogP contribution in [0.2, 0.25) is 0 Å². The fourth-order valence-electron chi connectivity index (χ4n) is 3.47. The maximum Gasteiger partial charge on any atom is 0.614 e. The molecule has 0 saturated carbocycles. The van der Waals surface area contributed by atoms with Crippen LogP contribution in [0.15, 0.2) is 60.8 Å². The van der Waals surface area contributed by atoms with Crippen molar-refractivity contribution < 1.29 is 33.6 Å². The van der Waals surface area contributed by atoms with E-state index in [1.54, 1.807) is 20.8 Å². The predicted octanol–water partition coefficient (Wildman–Crippen LogP) is 4.49. The number of aliphatic hydroxyl groups is 1. The SMILES string of the molecule is Cc1ncc(CO[P+](=O)N[C@@H](Cc2ccc(OCc3ccccc3)cc2)C(=O)OC(C)C)c(CO)c1O. The molecular weight excluding hydrogens is 495 g/mol. The summed E-state index contributed by atoms with van der Waals surface area (Å²) < 4.78 is 29.2. The van der Waals surface area contributed by atoms with Crippen LogP contribution in [0, 0.1) is 6.92 Å². The lowest BCUT2D eigenvalue weighted by Gasteiger charge is -2.15. The topological polar surface area (TPSA) is 127 Å². The van der Waals surface area contributed by atoms with Gasteiger partial charge in [-0.1, -0.05) is 47.6 Å². The van der Waals surface area contributed by atoms with Gasteiger partial charge in [0.25, 0.3) is 0 Å². The number of esters is 1. The molecule has 3 rings (SSSR count). The van der Waals surface area contributed by atoms with Crippen molar-refractivity contribution in [2.45, 2.75) is 59.2 Å². The second kappa shape index (κ2) is 13.8. The largest absolute Gasteiger partial charge is 0.614 e. The Morgan fingerprint density at radius 1 is 1.05 bits per heavy atom. The van der Waals surface area contributed by atoms with Gasteiger partial charge in [-0.3, -0.25) is 9.78 Å². The molecule has 0 spiro atoms. The van der Waals surface area contributed by atoms with Crippen LogP contribution in [0.1, 0.15) is 41.8 Å². The summed E-state index contributed by atoms with van der Waals surface area (Å²) in [5.41, 5.74) is 2.87. The molecule has 0 radical (unpaired) electrons. The zero-order valence-electron chi connectivity index (χ0n) is 21.1. The number of carbonyl (C=O) groups is 1. The number of aromatic nitrogens is 1. The summed E-state index contributed by atoms with van der Waals surface area (Å²) in [6.45, 7) is 4.91. The van der Waals surface area contributed by atoms with Crippen molar-refractivity contribution in [1.82, 2.24) is 10.1 Å². The molecule has 1 aromatic heterocycles. The average molecular weight is 528 g/mol. The highest BCUT2D eigenvalue weighted by Gasteiger charge is 2.32. The molecule has 0 saturated heterocycles. The van der Waals surface area contributed by atoms with E-state index in [1.807, 2.05) is 54.6 Å². The van der Waals surface area contributed by atoms with E-state index in [1.165, 1.54) is 6.20 Å². The van der Waals surface area contributed by atoms with Gasteiger partial charge in [0.1, 0.15) is 24.7 Å². The molecule has 0 fully saturated rings. The number of carbonyl (C=O) groups excluding carboxylic acids is 1. The molecule has 10 heteroatoms. The Morgan fingerprint density at radius 3 is 2.41 bits per heavy atom. The number of nitrogens with one attached hydrogen (secondary N) is 1. The summed E-state index contributed by atoms with van der Waals surface area (Å²) >= 11 is 0. The molecule has 3 aromatic rings. The third kappa shape index (κ3) is 8.61. The summed E-state index contributed by atoms with van der Waals surface area (Å²) in [5.74, 6) is -0.00987. The van der Waals surface area contributed by atoms with Crippen molar-refractivity contribution in [1.29, 1.82) is 0 Å². The first-order valence-corrected chi connectivity index (χ1v) is 13.0. The first-order chi connectivity index (χ1) is 17.8. The first kappa shape index (κ1) is 28.2. The van der Waals surface area contributed by atoms with E-state index in [-0.39, 0.29) is 30.4 Å². The van der Waals surface area contributed by atoms with Gasteiger partial charge in [-0.2, -0.15) is 0 Å². The average Bonchev–Trinajstić information content (AvgIpc) is 2.88. The molecule has 2 atom stereocenters. The maximum absolute atomic E-state index is 12.7. The Kier molecular flexibility index (Phi) is 10.5. The van der Waals surface area contributed by atoms with E-state index >= 15 is 0 Å². The highest BCUT2D eigenvalue weighted by atomic mass is 31.1. The van der Waals surface area contributed by atoms with Crippen molar-refractivity contribution in [2.75, 3.05) is 0 Å². The Morgan fingerprint density at radius 2 is 1.76 bits per heavy atom. The zero-order valence-corrected chi connectivity index (χ0v) is 22.0. The van der Waals surface area contributed by atoms with E-state index in [9.17, 15) is 19.6 Å². The first-order valence-electron chi connectivity index (χ1n) is 11.9. The minimum atomic E-state index is -2.49. The Hall–Kier alpha value is -3.36. The number of nitrogens with zero attached hydrogens (tertiary/aromatic N) is 1. The van der Waals surface area contributed by atoms with Gasteiger partial charge in [0, 0.05) is 23.7 Å². The van der Waals surface area contributed by atoms with Gasteiger partial charge in [0.2, 0.25) is 0 Å². The van der Waals surface area contributed by atoms with Gasteiger partial charge in [0.15, 0.2) is 6.04 Å². The van der Waals surface area contributed by atoms with E-state index in [2.05, 4.69) is 10.1 Å². The molecule has 3 N–H and O–H groups in total. The quantitative estimate of drug-likeness (QED) is 0.218. The predicted molar refractivity (Wildman–Crippen MR) is 138 cm³/mol. The molecular formula is C27H32N2O7P+. The number of aryl methyl sites for hydroxylation is 1. The number of aromatic hydroxyl groups is 1. The van der Waals surface area contributed by atoms with Crippen LogP contribution in [0.3, 0.4) is 0 Å². The monoisotopic (exact) mass is 527 g/mol. The van der Waals surface area contributed by atoms with Gasteiger partial charge in [-0.05, 0) is 48.6 Å². The number of benzene rings is 2. The van der Waals surface area contributed by atoms with Crippen LogP contribution in [-0.4, -0.2) is 33.3 Å².